The van der Waals surface area contributed by atoms with Crippen molar-refractivity contribution in [1.29, 1.82) is 0 Å². The third-order valence-corrected chi connectivity index (χ3v) is 3.09. The molecule has 1 aromatic heterocycles. The van der Waals surface area contributed by atoms with Gasteiger partial charge in [0, 0.05) is 18.0 Å². The summed E-state index contributed by atoms with van der Waals surface area (Å²) in [4.78, 5) is 27.2. The maximum atomic E-state index is 11.9. The molecule has 2 rings (SSSR count). The van der Waals surface area contributed by atoms with Gasteiger partial charge in [0.25, 0.3) is 5.91 Å². The van der Waals surface area contributed by atoms with Gasteiger partial charge in [-0.1, -0.05) is 0 Å². The number of carbonyl (C=O) groups is 2. The Morgan fingerprint density at radius 3 is 2.62 bits per heavy atom. The molecule has 1 amide bonds. The van der Waals surface area contributed by atoms with E-state index in [0.717, 1.165) is 0 Å². The van der Waals surface area contributed by atoms with Crippen LogP contribution in [-0.2, 0) is 0 Å². The summed E-state index contributed by atoms with van der Waals surface area (Å²) in [6, 6.07) is 6.26. The predicted octanol–water partition coefficient (Wildman–Crippen LogP) is 1.56. The highest BCUT2D eigenvalue weighted by Gasteiger charge is 2.20. The first-order chi connectivity index (χ1) is 11.6. The minimum Gasteiger partial charge on any atom is -0.493 e. The zero-order chi connectivity index (χ0) is 17.5. The van der Waals surface area contributed by atoms with Gasteiger partial charge in [-0.25, -0.2) is 10.2 Å². The summed E-state index contributed by atoms with van der Waals surface area (Å²) in [6.07, 6.45) is 4.16. The van der Waals surface area contributed by atoms with Crippen LogP contribution in [0.1, 0.15) is 26.3 Å². The molecule has 8 heteroatoms. The Morgan fingerprint density at radius 1 is 1.25 bits per heavy atom. The molecule has 0 spiro atoms. The molecule has 0 unspecified atom stereocenters. The van der Waals surface area contributed by atoms with Crippen LogP contribution in [0.4, 0.5) is 0 Å². The first kappa shape index (κ1) is 16.9. The van der Waals surface area contributed by atoms with Gasteiger partial charge in [0.05, 0.1) is 26.0 Å². The maximum absolute atomic E-state index is 11.9. The largest absolute Gasteiger partial charge is 0.493 e. The number of nitrogens with zero attached hydrogens (tertiary/aromatic N) is 2. The molecule has 0 aliphatic carbocycles. The number of hydrogen-bond acceptors (Lipinski definition) is 6. The molecule has 1 aromatic carbocycles. The molecule has 0 aliphatic rings. The number of amides is 1. The molecule has 0 saturated carbocycles. The van der Waals surface area contributed by atoms with E-state index in [1.54, 1.807) is 24.4 Å². The SMILES string of the molecule is COc1ccc(/C=N/NC(=O)c2cccnc2)c(C(=O)O)c1OC. The van der Waals surface area contributed by atoms with E-state index in [1.165, 1.54) is 32.7 Å². The topological polar surface area (TPSA) is 110 Å². The van der Waals surface area contributed by atoms with Crippen LogP contribution in [0.5, 0.6) is 11.5 Å². The molecule has 0 saturated heterocycles. The van der Waals surface area contributed by atoms with Gasteiger partial charge in [-0.3, -0.25) is 9.78 Å². The van der Waals surface area contributed by atoms with Crippen LogP contribution in [0, 0.1) is 0 Å². The van der Waals surface area contributed by atoms with Crippen LogP contribution >= 0.6 is 0 Å². The Bertz CT molecular complexity index is 775. The number of aromatic carboxylic acids is 1. The first-order valence-corrected chi connectivity index (χ1v) is 6.80. The Balaban J connectivity index is 2.26. The molecule has 0 aliphatic heterocycles. The molecular formula is C16H15N3O5. The van der Waals surface area contributed by atoms with Crippen molar-refractivity contribution in [2.24, 2.45) is 5.10 Å². The number of carboxylic acids is 1. The molecule has 2 aromatic rings. The van der Waals surface area contributed by atoms with Gasteiger partial charge in [0.1, 0.15) is 5.56 Å². The molecule has 0 fully saturated rings. The zero-order valence-corrected chi connectivity index (χ0v) is 13.0. The average molecular weight is 329 g/mol. The second-order valence-electron chi connectivity index (χ2n) is 4.51. The van der Waals surface area contributed by atoms with Gasteiger partial charge in [0.15, 0.2) is 11.5 Å². The number of rotatable bonds is 6. The molecule has 0 bridgehead atoms. The van der Waals surface area contributed by atoms with Crippen molar-refractivity contribution in [1.82, 2.24) is 10.4 Å². The van der Waals surface area contributed by atoms with Gasteiger partial charge in [-0.2, -0.15) is 5.10 Å². The van der Waals surface area contributed by atoms with Gasteiger partial charge >= 0.3 is 5.97 Å². The quantitative estimate of drug-likeness (QED) is 0.615. The summed E-state index contributed by atoms with van der Waals surface area (Å²) in [5.74, 6) is -1.30. The Labute approximate surface area is 137 Å². The van der Waals surface area contributed by atoms with Crippen LogP contribution in [0.3, 0.4) is 0 Å². The lowest BCUT2D eigenvalue weighted by Crippen LogP contribution is -2.18. The zero-order valence-electron chi connectivity index (χ0n) is 13.0. The van der Waals surface area contributed by atoms with Crippen LogP contribution in [0.25, 0.3) is 0 Å². The van der Waals surface area contributed by atoms with E-state index >= 15 is 0 Å². The summed E-state index contributed by atoms with van der Waals surface area (Å²) >= 11 is 0. The van der Waals surface area contributed by atoms with Crippen LogP contribution in [0.15, 0.2) is 41.8 Å². The summed E-state index contributed by atoms with van der Waals surface area (Å²) in [6.45, 7) is 0. The van der Waals surface area contributed by atoms with E-state index in [4.69, 9.17) is 9.47 Å². The van der Waals surface area contributed by atoms with Gasteiger partial charge in [-0.05, 0) is 24.3 Å². The number of methoxy groups -OCH3 is 2. The minimum absolute atomic E-state index is 0.0764. The monoisotopic (exact) mass is 329 g/mol. The second kappa shape index (κ2) is 7.73. The molecule has 0 radical (unpaired) electrons. The van der Waals surface area contributed by atoms with Gasteiger partial charge < -0.3 is 14.6 Å². The molecule has 2 N–H and O–H groups in total. The molecule has 124 valence electrons. The third-order valence-electron chi connectivity index (χ3n) is 3.09. The molecule has 24 heavy (non-hydrogen) atoms. The summed E-state index contributed by atoms with van der Waals surface area (Å²) in [7, 11) is 2.75. The maximum Gasteiger partial charge on any atom is 0.340 e. The fraction of sp³-hybridized carbons (Fsp3) is 0.125. The number of carbonyl (C=O) groups excluding carboxylic acids is 1. The number of aromatic nitrogens is 1. The standard InChI is InChI=1S/C16H15N3O5/c1-23-12-6-5-10(13(16(21)22)14(12)24-2)9-18-19-15(20)11-4-3-7-17-8-11/h3-9H,1-2H3,(H,19,20)(H,21,22)/b18-9+. The molecule has 0 atom stereocenters. The van der Waals surface area contributed by atoms with E-state index in [2.05, 4.69) is 15.5 Å². The highest BCUT2D eigenvalue weighted by Crippen LogP contribution is 2.32. The second-order valence-corrected chi connectivity index (χ2v) is 4.51. The minimum atomic E-state index is -1.20. The fourth-order valence-electron chi connectivity index (χ4n) is 1.99. The smallest absolute Gasteiger partial charge is 0.340 e. The lowest BCUT2D eigenvalue weighted by molar-refractivity contribution is 0.0692. The summed E-state index contributed by atoms with van der Waals surface area (Å²) in [5, 5.41) is 13.2. The van der Waals surface area contributed by atoms with Gasteiger partial charge in [0.2, 0.25) is 0 Å². The number of nitrogens with one attached hydrogen (secondary N) is 1. The number of hydrogen-bond donors (Lipinski definition) is 2. The van der Waals surface area contributed by atoms with Crippen LogP contribution in [0.2, 0.25) is 0 Å². The Kier molecular flexibility index (Phi) is 5.45. The van der Waals surface area contributed by atoms with Crippen LogP contribution < -0.4 is 14.9 Å². The van der Waals surface area contributed by atoms with Crippen molar-refractivity contribution in [3.05, 3.63) is 53.3 Å². The van der Waals surface area contributed by atoms with Crippen molar-refractivity contribution in [2.75, 3.05) is 14.2 Å². The van der Waals surface area contributed by atoms with Crippen molar-refractivity contribution >= 4 is 18.1 Å². The predicted molar refractivity (Wildman–Crippen MR) is 85.8 cm³/mol. The van der Waals surface area contributed by atoms with E-state index in [-0.39, 0.29) is 22.6 Å². The molecule has 8 nitrogen and oxygen atoms in total. The highest BCUT2D eigenvalue weighted by atomic mass is 16.5. The number of carboxylic acid groups (broad SMARTS) is 1. The molecular weight excluding hydrogens is 314 g/mol. The van der Waals surface area contributed by atoms with Crippen molar-refractivity contribution in [3.63, 3.8) is 0 Å². The number of hydrazone groups is 1. The lowest BCUT2D eigenvalue weighted by Gasteiger charge is -2.12. The number of benzene rings is 1. The summed E-state index contributed by atoms with van der Waals surface area (Å²) < 4.78 is 10.2. The normalized spacial score (nSPS) is 10.4. The Morgan fingerprint density at radius 2 is 2.04 bits per heavy atom. The average Bonchev–Trinajstić information content (AvgIpc) is 2.61. The van der Waals surface area contributed by atoms with Crippen LogP contribution in [-0.4, -0.2) is 42.4 Å². The van der Waals surface area contributed by atoms with E-state index in [1.807, 2.05) is 0 Å². The highest BCUT2D eigenvalue weighted by molar-refractivity contribution is 6.02. The van der Waals surface area contributed by atoms with Crippen molar-refractivity contribution < 1.29 is 24.2 Å². The first-order valence-electron chi connectivity index (χ1n) is 6.80. The van der Waals surface area contributed by atoms with E-state index < -0.39 is 11.9 Å². The number of pyridine rings is 1. The Hall–Kier alpha value is -3.42. The third kappa shape index (κ3) is 3.67. The fourth-order valence-corrected chi connectivity index (χ4v) is 1.99. The summed E-state index contributed by atoms with van der Waals surface area (Å²) in [5.41, 5.74) is 2.78. The van der Waals surface area contributed by atoms with E-state index in [0.29, 0.717) is 5.56 Å². The molecule has 1 heterocycles. The van der Waals surface area contributed by atoms with Crippen molar-refractivity contribution in [3.8, 4) is 11.5 Å². The van der Waals surface area contributed by atoms with E-state index in [9.17, 15) is 14.7 Å². The lowest BCUT2D eigenvalue weighted by atomic mass is 10.1. The number of ether oxygens (including phenoxy) is 2. The van der Waals surface area contributed by atoms with Crippen molar-refractivity contribution in [2.45, 2.75) is 0 Å². The van der Waals surface area contributed by atoms with Gasteiger partial charge in [-0.15, -0.1) is 0 Å².